The van der Waals surface area contributed by atoms with E-state index in [2.05, 4.69) is 4.72 Å². The van der Waals surface area contributed by atoms with E-state index in [0.717, 1.165) is 6.42 Å². The Hall–Kier alpha value is -0.130. The Morgan fingerprint density at radius 2 is 1.65 bits per heavy atom. The zero-order valence-corrected chi connectivity index (χ0v) is 12.5. The molecule has 5 heteroatoms. The summed E-state index contributed by atoms with van der Waals surface area (Å²) in [5, 5.41) is 8.77. The second kappa shape index (κ2) is 6.16. The molecule has 4 nitrogen and oxygen atoms in total. The molecule has 0 saturated carbocycles. The van der Waals surface area contributed by atoms with Gasteiger partial charge >= 0.3 is 0 Å². The van der Waals surface area contributed by atoms with Crippen LogP contribution >= 0.6 is 0 Å². The van der Waals surface area contributed by atoms with E-state index in [9.17, 15) is 8.42 Å². The van der Waals surface area contributed by atoms with Gasteiger partial charge in [-0.1, -0.05) is 34.6 Å². The van der Waals surface area contributed by atoms with Crippen LogP contribution in [0.5, 0.6) is 0 Å². The molecule has 0 aliphatic carbocycles. The van der Waals surface area contributed by atoms with Crippen molar-refractivity contribution in [3.05, 3.63) is 0 Å². The molecular formula is C12H27NO3S. The number of hydrogen-bond donors (Lipinski definition) is 2. The summed E-state index contributed by atoms with van der Waals surface area (Å²) in [6.07, 6.45) is 1.51. The molecule has 0 aliphatic heterocycles. The Morgan fingerprint density at radius 3 is 2.06 bits per heavy atom. The molecule has 0 atom stereocenters. The number of sulfonamides is 1. The molecule has 0 aromatic heterocycles. The molecule has 104 valence electrons. The summed E-state index contributed by atoms with van der Waals surface area (Å²) in [5.41, 5.74) is -0.352. The van der Waals surface area contributed by atoms with Crippen LogP contribution < -0.4 is 4.72 Å². The lowest BCUT2D eigenvalue weighted by atomic mass is 9.88. The lowest BCUT2D eigenvalue weighted by Gasteiger charge is -2.26. The first-order chi connectivity index (χ1) is 7.47. The fourth-order valence-corrected chi connectivity index (χ4v) is 3.43. The highest BCUT2D eigenvalue weighted by Crippen LogP contribution is 2.22. The van der Waals surface area contributed by atoms with Gasteiger partial charge in [0.1, 0.15) is 0 Å². The summed E-state index contributed by atoms with van der Waals surface area (Å²) in [4.78, 5) is 0. The molecule has 0 bridgehead atoms. The SMILES string of the molecule is CC(C)(C)CS(=O)(=O)NCC(C)(C)CCCO. The molecule has 0 spiro atoms. The molecule has 0 radical (unpaired) electrons. The maximum absolute atomic E-state index is 11.8. The Labute approximate surface area is 106 Å². The van der Waals surface area contributed by atoms with E-state index in [1.165, 1.54) is 0 Å². The predicted octanol–water partition coefficient (Wildman–Crippen LogP) is 1.75. The molecule has 0 unspecified atom stereocenters. The van der Waals surface area contributed by atoms with Gasteiger partial charge in [0.05, 0.1) is 5.75 Å². The molecule has 0 fully saturated rings. The standard InChI is InChI=1S/C12H27NO3S/c1-11(2,3)10-17(15,16)13-9-12(4,5)7-6-8-14/h13-14H,6-10H2,1-5H3. The highest BCUT2D eigenvalue weighted by molar-refractivity contribution is 7.89. The monoisotopic (exact) mass is 265 g/mol. The second-order valence-electron chi connectivity index (χ2n) is 6.63. The highest BCUT2D eigenvalue weighted by Gasteiger charge is 2.24. The molecule has 0 aromatic carbocycles. The Morgan fingerprint density at radius 1 is 1.12 bits per heavy atom. The first-order valence-electron chi connectivity index (χ1n) is 6.06. The van der Waals surface area contributed by atoms with Crippen LogP contribution in [0.3, 0.4) is 0 Å². The number of rotatable bonds is 7. The summed E-state index contributed by atoms with van der Waals surface area (Å²) >= 11 is 0. The van der Waals surface area contributed by atoms with E-state index in [1.54, 1.807) is 0 Å². The fourth-order valence-electron chi connectivity index (χ4n) is 1.57. The smallest absolute Gasteiger partial charge is 0.212 e. The van der Waals surface area contributed by atoms with Crippen molar-refractivity contribution >= 4 is 10.0 Å². The van der Waals surface area contributed by atoms with Crippen LogP contribution in [-0.4, -0.2) is 32.4 Å². The van der Waals surface area contributed by atoms with Crippen molar-refractivity contribution in [2.75, 3.05) is 18.9 Å². The maximum atomic E-state index is 11.8. The summed E-state index contributed by atoms with van der Waals surface area (Å²) < 4.78 is 26.3. The van der Waals surface area contributed by atoms with Gasteiger partial charge in [-0.25, -0.2) is 13.1 Å². The predicted molar refractivity (Wildman–Crippen MR) is 71.3 cm³/mol. The quantitative estimate of drug-likeness (QED) is 0.737. The first kappa shape index (κ1) is 16.9. The van der Waals surface area contributed by atoms with Crippen LogP contribution in [0.2, 0.25) is 0 Å². The zero-order chi connectivity index (χ0) is 13.7. The molecular weight excluding hydrogens is 238 g/mol. The van der Waals surface area contributed by atoms with Crippen molar-refractivity contribution in [1.82, 2.24) is 4.72 Å². The number of nitrogens with one attached hydrogen (secondary N) is 1. The van der Waals surface area contributed by atoms with E-state index in [1.807, 2.05) is 34.6 Å². The fraction of sp³-hybridized carbons (Fsp3) is 1.00. The lowest BCUT2D eigenvalue weighted by Crippen LogP contribution is -2.38. The third-order valence-corrected chi connectivity index (χ3v) is 4.24. The normalized spacial score (nSPS) is 14.0. The van der Waals surface area contributed by atoms with Gasteiger partial charge in [0.15, 0.2) is 0 Å². The Bertz CT molecular complexity index is 315. The average Bonchev–Trinajstić information content (AvgIpc) is 2.08. The van der Waals surface area contributed by atoms with Crippen molar-refractivity contribution in [1.29, 1.82) is 0 Å². The van der Waals surface area contributed by atoms with Gasteiger partial charge < -0.3 is 5.11 Å². The third kappa shape index (κ3) is 9.56. The minimum Gasteiger partial charge on any atom is -0.396 e. The van der Waals surface area contributed by atoms with Gasteiger partial charge in [-0.2, -0.15) is 0 Å². The molecule has 17 heavy (non-hydrogen) atoms. The molecule has 0 aliphatic rings. The van der Waals surface area contributed by atoms with Crippen LogP contribution in [-0.2, 0) is 10.0 Å². The summed E-state index contributed by atoms with van der Waals surface area (Å²) in [6.45, 7) is 10.3. The molecule has 0 amide bonds. The summed E-state index contributed by atoms with van der Waals surface area (Å²) in [6, 6.07) is 0. The molecule has 0 aromatic rings. The zero-order valence-electron chi connectivity index (χ0n) is 11.7. The summed E-state index contributed by atoms with van der Waals surface area (Å²) in [7, 11) is -3.21. The molecule has 0 heterocycles. The van der Waals surface area contributed by atoms with Gasteiger partial charge in [0, 0.05) is 13.2 Å². The largest absolute Gasteiger partial charge is 0.396 e. The second-order valence-corrected chi connectivity index (χ2v) is 8.44. The van der Waals surface area contributed by atoms with Crippen molar-refractivity contribution in [3.63, 3.8) is 0 Å². The van der Waals surface area contributed by atoms with E-state index < -0.39 is 10.0 Å². The Balaban J connectivity index is 4.27. The topological polar surface area (TPSA) is 66.4 Å². The van der Waals surface area contributed by atoms with Gasteiger partial charge in [-0.05, 0) is 23.7 Å². The molecule has 0 rings (SSSR count). The van der Waals surface area contributed by atoms with Gasteiger partial charge in [-0.15, -0.1) is 0 Å². The summed E-state index contributed by atoms with van der Waals surface area (Å²) in [5.74, 6) is 0.135. The van der Waals surface area contributed by atoms with E-state index in [0.29, 0.717) is 13.0 Å². The van der Waals surface area contributed by atoms with Gasteiger partial charge in [0.2, 0.25) is 10.0 Å². The third-order valence-electron chi connectivity index (χ3n) is 2.41. The van der Waals surface area contributed by atoms with Gasteiger partial charge in [0.25, 0.3) is 0 Å². The van der Waals surface area contributed by atoms with E-state index in [-0.39, 0.29) is 23.2 Å². The number of hydrogen-bond acceptors (Lipinski definition) is 3. The van der Waals surface area contributed by atoms with Crippen molar-refractivity contribution < 1.29 is 13.5 Å². The van der Waals surface area contributed by atoms with Crippen molar-refractivity contribution in [3.8, 4) is 0 Å². The average molecular weight is 265 g/mol. The van der Waals surface area contributed by atoms with Crippen LogP contribution in [0.4, 0.5) is 0 Å². The van der Waals surface area contributed by atoms with Gasteiger partial charge in [-0.3, -0.25) is 0 Å². The first-order valence-corrected chi connectivity index (χ1v) is 7.71. The van der Waals surface area contributed by atoms with Crippen molar-refractivity contribution in [2.24, 2.45) is 10.8 Å². The van der Waals surface area contributed by atoms with Crippen LogP contribution in [0.15, 0.2) is 0 Å². The van der Waals surface area contributed by atoms with E-state index in [4.69, 9.17) is 5.11 Å². The number of aliphatic hydroxyl groups is 1. The lowest BCUT2D eigenvalue weighted by molar-refractivity contribution is 0.242. The van der Waals surface area contributed by atoms with Crippen LogP contribution in [0, 0.1) is 10.8 Å². The highest BCUT2D eigenvalue weighted by atomic mass is 32.2. The minimum atomic E-state index is -3.21. The molecule has 0 saturated heterocycles. The van der Waals surface area contributed by atoms with Crippen LogP contribution in [0.25, 0.3) is 0 Å². The molecule has 2 N–H and O–H groups in total. The maximum Gasteiger partial charge on any atom is 0.212 e. The number of aliphatic hydroxyl groups excluding tert-OH is 1. The van der Waals surface area contributed by atoms with E-state index >= 15 is 0 Å². The van der Waals surface area contributed by atoms with Crippen LogP contribution in [0.1, 0.15) is 47.5 Å². The van der Waals surface area contributed by atoms with Crippen molar-refractivity contribution in [2.45, 2.75) is 47.5 Å². The minimum absolute atomic E-state index is 0.117. The Kier molecular flexibility index (Phi) is 6.11.